The molecule has 0 bridgehead atoms. The SMILES string of the molecule is c1ccc2nc3c(nc2c1)c1cc2oc4ccccc4c2c2c4cc(-c5ccc6c(c5)oc5ccccc56)ccc4n3c12.c1ccc2nc3c(nc2c1)c1cc2oc4ccccc4c2c2c4cc(-c5ccc6oc7ccccc7c6c5)ccc4n3c12.c1ccc2nc3c(nc2c1)c1cc2oc4ccccc4c2c2c4cc(-c5cccc6c5oc5ccccc56)ccc4n3c12. The quantitative estimate of drug-likeness (QED) is 0.164. The van der Waals surface area contributed by atoms with E-state index in [0.717, 1.165) is 297 Å². The molecule has 0 radical (unpaired) electrons. The molecule has 0 spiro atoms. The van der Waals surface area contributed by atoms with Crippen molar-refractivity contribution in [1.29, 1.82) is 0 Å². The van der Waals surface area contributed by atoms with E-state index in [4.69, 9.17) is 56.4 Å². The largest absolute Gasteiger partial charge is 0.456 e. The molecule has 594 valence electrons. The van der Waals surface area contributed by atoms with Crippen molar-refractivity contribution >= 4 is 280 Å². The Morgan fingerprint density at radius 3 is 0.907 bits per heavy atom. The maximum atomic E-state index is 6.48. The van der Waals surface area contributed by atoms with Crippen molar-refractivity contribution < 1.29 is 26.5 Å². The van der Waals surface area contributed by atoms with E-state index in [1.54, 1.807) is 0 Å². The number of furan rings is 6. The highest BCUT2D eigenvalue weighted by Gasteiger charge is 2.31. The van der Waals surface area contributed by atoms with Gasteiger partial charge in [-0.25, -0.2) is 29.9 Å². The van der Waals surface area contributed by atoms with Crippen LogP contribution in [0.15, 0.2) is 372 Å². The Balaban J connectivity index is 0.0000000919. The molecule has 33 rings (SSSR count). The van der Waals surface area contributed by atoms with Crippen LogP contribution in [0, 0.1) is 0 Å². The number of hydrogen-bond acceptors (Lipinski definition) is 12. The van der Waals surface area contributed by atoms with Crippen molar-refractivity contribution in [3.05, 3.63) is 346 Å². The first kappa shape index (κ1) is 67.7. The maximum absolute atomic E-state index is 6.48. The number of aromatic nitrogens is 9. The molecule has 129 heavy (non-hydrogen) atoms. The zero-order valence-electron chi connectivity index (χ0n) is 67.9. The van der Waals surface area contributed by atoms with Gasteiger partial charge in [0.2, 0.25) is 0 Å². The van der Waals surface area contributed by atoms with Gasteiger partial charge in [-0.05, 0) is 179 Å². The lowest BCUT2D eigenvalue weighted by molar-refractivity contribution is 0.668. The first-order valence-corrected chi connectivity index (χ1v) is 43.3. The van der Waals surface area contributed by atoms with Crippen LogP contribution < -0.4 is 0 Å². The lowest BCUT2D eigenvalue weighted by atomic mass is 9.98. The van der Waals surface area contributed by atoms with Crippen LogP contribution in [0.2, 0.25) is 0 Å². The van der Waals surface area contributed by atoms with E-state index < -0.39 is 0 Å². The van der Waals surface area contributed by atoms with Crippen molar-refractivity contribution in [2.75, 3.05) is 0 Å². The Morgan fingerprint density at radius 2 is 0.465 bits per heavy atom. The molecule has 0 saturated carbocycles. The predicted octanol–water partition coefficient (Wildman–Crippen LogP) is 30.7. The van der Waals surface area contributed by atoms with Crippen LogP contribution >= 0.6 is 0 Å². The standard InChI is InChI=1S/3C38H19N3O2/c1-5-14-30-22(8-1)23-11-7-10-21(37(23)43-30)20-16-17-29-25(18-20)34-33-24-9-2-6-15-31(24)42-32(33)19-26-35-38(41(29)36(26)34)40-28-13-4-3-12-27(28)39-35;1-5-11-30-22(7-1)23-15-13-21(18-32(23)42-30)20-14-16-29-25(17-20)35-34-24-8-2-6-12-31(24)43-33(34)19-26-36-38(41(29)37(26)35)40-28-10-4-3-9-27(28)39-36;1-5-11-30-22(7-1)24-17-21(14-16-32(24)42-30)20-13-15-29-25(18-20)35-34-23-8-2-6-12-31(23)43-33(34)19-26-36-38(41(29)37(26)35)40-28-10-4-3-9-27(28)39-36/h3*1-19H. The molecule has 33 aromatic rings. The van der Waals surface area contributed by atoms with Crippen molar-refractivity contribution in [2.45, 2.75) is 0 Å². The van der Waals surface area contributed by atoms with Gasteiger partial charge in [-0.2, -0.15) is 0 Å². The monoisotopic (exact) mass is 1650 g/mol. The summed E-state index contributed by atoms with van der Waals surface area (Å²) < 4.78 is 45.1. The molecule has 0 aliphatic carbocycles. The van der Waals surface area contributed by atoms with Crippen molar-refractivity contribution in [1.82, 2.24) is 43.1 Å². The summed E-state index contributed by atoms with van der Waals surface area (Å²) in [6.45, 7) is 0. The van der Waals surface area contributed by atoms with E-state index in [1.807, 2.05) is 146 Å². The van der Waals surface area contributed by atoms with Gasteiger partial charge in [0.05, 0.1) is 66.2 Å². The van der Waals surface area contributed by atoms with E-state index in [0.29, 0.717) is 0 Å². The Bertz CT molecular complexity index is 10800. The third-order valence-corrected chi connectivity index (χ3v) is 27.3. The topological polar surface area (TPSA) is 169 Å². The fraction of sp³-hybridized carbons (Fsp3) is 0. The number of nitrogens with zero attached hydrogens (tertiary/aromatic N) is 9. The van der Waals surface area contributed by atoms with E-state index in [-0.39, 0.29) is 0 Å². The van der Waals surface area contributed by atoms with Crippen molar-refractivity contribution in [2.24, 2.45) is 0 Å². The van der Waals surface area contributed by atoms with Gasteiger partial charge in [-0.15, -0.1) is 0 Å². The second-order valence-electron chi connectivity index (χ2n) is 34.1. The molecule has 0 saturated heterocycles. The molecule has 0 aliphatic rings. The molecule has 0 atom stereocenters. The number of benzene rings is 18. The normalized spacial score (nSPS) is 12.7. The molecule has 15 aromatic heterocycles. The van der Waals surface area contributed by atoms with Crippen LogP contribution in [0.4, 0.5) is 0 Å². The summed E-state index contributed by atoms with van der Waals surface area (Å²) in [7, 11) is 0. The van der Waals surface area contributed by atoms with Gasteiger partial charge < -0.3 is 26.5 Å². The first-order valence-electron chi connectivity index (χ1n) is 43.3. The molecule has 0 aliphatic heterocycles. The minimum Gasteiger partial charge on any atom is -0.456 e. The summed E-state index contributed by atoms with van der Waals surface area (Å²) >= 11 is 0. The molecule has 15 nitrogen and oxygen atoms in total. The van der Waals surface area contributed by atoms with Crippen molar-refractivity contribution in [3.8, 4) is 33.4 Å². The minimum absolute atomic E-state index is 0.857. The van der Waals surface area contributed by atoms with E-state index in [1.165, 1.54) is 16.2 Å². The minimum atomic E-state index is 0.857. The third-order valence-electron chi connectivity index (χ3n) is 27.3. The van der Waals surface area contributed by atoms with E-state index in [2.05, 4.69) is 213 Å². The summed E-state index contributed by atoms with van der Waals surface area (Å²) in [5.41, 5.74) is 34.6. The average Bonchev–Trinajstić information content (AvgIpc) is 1.53. The van der Waals surface area contributed by atoms with E-state index in [9.17, 15) is 0 Å². The van der Waals surface area contributed by atoms with Gasteiger partial charge in [0.15, 0.2) is 16.9 Å². The highest BCUT2D eigenvalue weighted by Crippen LogP contribution is 2.52. The zero-order valence-corrected chi connectivity index (χ0v) is 67.9. The molecule has 15 heteroatoms. The highest BCUT2D eigenvalue weighted by atomic mass is 16.3. The van der Waals surface area contributed by atoms with Crippen LogP contribution in [-0.4, -0.2) is 43.1 Å². The first-order chi connectivity index (χ1) is 63.9. The summed E-state index contributed by atoms with van der Waals surface area (Å²) in [6.07, 6.45) is 0. The van der Waals surface area contributed by atoms with Crippen LogP contribution in [0.3, 0.4) is 0 Å². The Morgan fingerprint density at radius 1 is 0.171 bits per heavy atom. The summed E-state index contributed by atoms with van der Waals surface area (Å²) in [6, 6.07) is 120. The summed E-state index contributed by atoms with van der Waals surface area (Å²) in [5.74, 6) is 0. The Labute approximate surface area is 723 Å². The smallest absolute Gasteiger partial charge is 0.165 e. The van der Waals surface area contributed by atoms with Gasteiger partial charge >= 0.3 is 0 Å². The fourth-order valence-electron chi connectivity index (χ4n) is 21.8. The molecule has 0 amide bonds. The number of fused-ring (bicyclic) bond motifs is 42. The lowest BCUT2D eigenvalue weighted by Crippen LogP contribution is -1.89. The molecule has 0 unspecified atom stereocenters. The number of rotatable bonds is 3. The highest BCUT2D eigenvalue weighted by molar-refractivity contribution is 6.38. The summed E-state index contributed by atoms with van der Waals surface area (Å²) in [5, 5.41) is 23.6. The number of para-hydroxylation sites is 13. The van der Waals surface area contributed by atoms with E-state index >= 15 is 0 Å². The molecule has 18 aromatic carbocycles. The third kappa shape index (κ3) is 9.11. The molecule has 15 heterocycles. The Hall–Kier alpha value is -17.8. The number of hydrogen-bond donors (Lipinski definition) is 0. The van der Waals surface area contributed by atoms with Crippen LogP contribution in [-0.2, 0) is 0 Å². The fourth-order valence-corrected chi connectivity index (χ4v) is 21.8. The molecular weight excluding hydrogens is 1590 g/mol. The van der Waals surface area contributed by atoms with Crippen molar-refractivity contribution in [3.63, 3.8) is 0 Å². The van der Waals surface area contributed by atoms with Crippen LogP contribution in [0.1, 0.15) is 0 Å². The molecular formula is C114H57N9O6. The second kappa shape index (κ2) is 24.6. The maximum Gasteiger partial charge on any atom is 0.165 e. The molecule has 0 N–H and O–H groups in total. The predicted molar refractivity (Wildman–Crippen MR) is 523 cm³/mol. The Kier molecular flexibility index (Phi) is 12.9. The van der Waals surface area contributed by atoms with Crippen LogP contribution in [0.25, 0.3) is 313 Å². The van der Waals surface area contributed by atoms with Gasteiger partial charge in [0.1, 0.15) is 83.5 Å². The average molecular weight is 1650 g/mol. The zero-order chi connectivity index (χ0) is 83.4. The van der Waals surface area contributed by atoms with Gasteiger partial charge in [0.25, 0.3) is 0 Å². The van der Waals surface area contributed by atoms with Gasteiger partial charge in [0, 0.05) is 119 Å². The van der Waals surface area contributed by atoms with Gasteiger partial charge in [-0.1, -0.05) is 194 Å². The van der Waals surface area contributed by atoms with Gasteiger partial charge in [-0.3, -0.25) is 13.2 Å². The molecule has 0 fully saturated rings. The van der Waals surface area contributed by atoms with Crippen LogP contribution in [0.5, 0.6) is 0 Å². The lowest BCUT2D eigenvalue weighted by Gasteiger charge is -2.05. The summed E-state index contributed by atoms with van der Waals surface area (Å²) in [4.78, 5) is 30.8. The second-order valence-corrected chi connectivity index (χ2v) is 34.1.